The van der Waals surface area contributed by atoms with Gasteiger partial charge in [0.25, 0.3) is 0 Å². The predicted molar refractivity (Wildman–Crippen MR) is 62.7 cm³/mol. The van der Waals surface area contributed by atoms with Gasteiger partial charge in [0.2, 0.25) is 5.91 Å². The highest BCUT2D eigenvalue weighted by atomic mass is 16.1. The van der Waals surface area contributed by atoms with Crippen molar-refractivity contribution in [1.29, 1.82) is 0 Å². The van der Waals surface area contributed by atoms with Crippen LogP contribution in [-0.4, -0.2) is 37.0 Å². The molecule has 0 atom stereocenters. The lowest BCUT2D eigenvalue weighted by atomic mass is 10.1. The van der Waals surface area contributed by atoms with Crippen molar-refractivity contribution >= 4 is 5.91 Å². The Bertz CT molecular complexity index is 208. The first-order valence-corrected chi connectivity index (χ1v) is 5.96. The fraction of sp³-hybridized carbons (Fsp3) is 0.750. The summed E-state index contributed by atoms with van der Waals surface area (Å²) in [5, 5.41) is 2.87. The Labute approximate surface area is 92.5 Å². The van der Waals surface area contributed by atoms with Crippen LogP contribution in [0, 0.1) is 0 Å². The molecule has 86 valence electrons. The van der Waals surface area contributed by atoms with Crippen molar-refractivity contribution < 1.29 is 4.79 Å². The molecule has 15 heavy (non-hydrogen) atoms. The molecule has 1 saturated heterocycles. The van der Waals surface area contributed by atoms with Crippen molar-refractivity contribution in [1.82, 2.24) is 10.2 Å². The molecule has 1 N–H and O–H groups in total. The Morgan fingerprint density at radius 1 is 1.33 bits per heavy atom. The molecule has 1 rings (SSSR count). The maximum atomic E-state index is 11.1. The molecule has 0 aromatic heterocycles. The zero-order chi connectivity index (χ0) is 10.9. The Morgan fingerprint density at radius 3 is 2.73 bits per heavy atom. The average molecular weight is 210 g/mol. The Hall–Kier alpha value is -0.830. The number of allylic oxidation sites excluding steroid dienone is 1. The molecule has 1 heterocycles. The molecule has 0 aromatic carbocycles. The van der Waals surface area contributed by atoms with E-state index in [4.69, 9.17) is 0 Å². The smallest absolute Gasteiger partial charge is 0.243 e. The van der Waals surface area contributed by atoms with Gasteiger partial charge in [0.15, 0.2) is 0 Å². The standard InChI is InChI=1S/C12H22N2O/c1-2-7-12(15)13-8-6-11-14-9-4-3-5-10-14/h2,7H,3-6,8-11H2,1H3,(H,13,15). The van der Waals surface area contributed by atoms with Crippen molar-refractivity contribution in [2.24, 2.45) is 0 Å². The molecule has 0 spiro atoms. The molecule has 0 aromatic rings. The van der Waals surface area contributed by atoms with Crippen LogP contribution in [0.25, 0.3) is 0 Å². The lowest BCUT2D eigenvalue weighted by molar-refractivity contribution is -0.116. The van der Waals surface area contributed by atoms with Crippen LogP contribution in [0.3, 0.4) is 0 Å². The van der Waals surface area contributed by atoms with Crippen LogP contribution in [0.2, 0.25) is 0 Å². The summed E-state index contributed by atoms with van der Waals surface area (Å²) in [4.78, 5) is 13.6. The monoisotopic (exact) mass is 210 g/mol. The summed E-state index contributed by atoms with van der Waals surface area (Å²) >= 11 is 0. The summed E-state index contributed by atoms with van der Waals surface area (Å²) in [5.41, 5.74) is 0. The molecule has 0 radical (unpaired) electrons. The summed E-state index contributed by atoms with van der Waals surface area (Å²) < 4.78 is 0. The van der Waals surface area contributed by atoms with Crippen LogP contribution in [0.5, 0.6) is 0 Å². The van der Waals surface area contributed by atoms with Gasteiger partial charge in [-0.2, -0.15) is 0 Å². The molecule has 3 nitrogen and oxygen atoms in total. The number of carbonyl (C=O) groups excluding carboxylic acids is 1. The summed E-state index contributed by atoms with van der Waals surface area (Å²) in [5.74, 6) is 0.0242. The van der Waals surface area contributed by atoms with Crippen LogP contribution in [0.1, 0.15) is 32.6 Å². The Balaban J connectivity index is 1.98. The van der Waals surface area contributed by atoms with Crippen molar-refractivity contribution in [2.45, 2.75) is 32.6 Å². The van der Waals surface area contributed by atoms with Crippen molar-refractivity contribution in [3.05, 3.63) is 12.2 Å². The fourth-order valence-corrected chi connectivity index (χ4v) is 1.91. The average Bonchev–Trinajstić information content (AvgIpc) is 2.26. The van der Waals surface area contributed by atoms with E-state index in [2.05, 4.69) is 10.2 Å². The fourth-order valence-electron chi connectivity index (χ4n) is 1.91. The highest BCUT2D eigenvalue weighted by molar-refractivity contribution is 5.87. The quantitative estimate of drug-likeness (QED) is 0.551. The third-order valence-electron chi connectivity index (χ3n) is 2.72. The van der Waals surface area contributed by atoms with Crippen LogP contribution >= 0.6 is 0 Å². The van der Waals surface area contributed by atoms with Gasteiger partial charge >= 0.3 is 0 Å². The van der Waals surface area contributed by atoms with Gasteiger partial charge in [-0.1, -0.05) is 12.5 Å². The predicted octanol–water partition coefficient (Wildman–Crippen LogP) is 1.55. The van der Waals surface area contributed by atoms with E-state index in [0.29, 0.717) is 0 Å². The number of rotatable bonds is 5. The Morgan fingerprint density at radius 2 is 2.07 bits per heavy atom. The van der Waals surface area contributed by atoms with Gasteiger partial charge in [0, 0.05) is 6.54 Å². The first-order valence-electron chi connectivity index (χ1n) is 5.96. The van der Waals surface area contributed by atoms with E-state index in [1.807, 2.05) is 6.92 Å². The lowest BCUT2D eigenvalue weighted by Crippen LogP contribution is -2.33. The highest BCUT2D eigenvalue weighted by Gasteiger charge is 2.08. The minimum Gasteiger partial charge on any atom is -0.353 e. The van der Waals surface area contributed by atoms with Gasteiger partial charge in [0.05, 0.1) is 0 Å². The van der Waals surface area contributed by atoms with E-state index in [-0.39, 0.29) is 5.91 Å². The maximum Gasteiger partial charge on any atom is 0.243 e. The SMILES string of the molecule is CC=CC(=O)NCCCN1CCCCC1. The summed E-state index contributed by atoms with van der Waals surface area (Å²) in [6.07, 6.45) is 8.45. The van der Waals surface area contributed by atoms with Crippen molar-refractivity contribution in [3.63, 3.8) is 0 Å². The normalized spacial score (nSPS) is 18.2. The second-order valence-electron chi connectivity index (χ2n) is 4.05. The number of nitrogens with zero attached hydrogens (tertiary/aromatic N) is 1. The number of nitrogens with one attached hydrogen (secondary N) is 1. The zero-order valence-electron chi connectivity index (χ0n) is 9.67. The first-order chi connectivity index (χ1) is 7.33. The van der Waals surface area contributed by atoms with Crippen LogP contribution in [0.4, 0.5) is 0 Å². The highest BCUT2D eigenvalue weighted by Crippen LogP contribution is 2.08. The van der Waals surface area contributed by atoms with E-state index in [1.54, 1.807) is 12.2 Å². The topological polar surface area (TPSA) is 32.3 Å². The second kappa shape index (κ2) is 7.46. The third kappa shape index (κ3) is 5.57. The van der Waals surface area contributed by atoms with Gasteiger partial charge in [-0.25, -0.2) is 0 Å². The van der Waals surface area contributed by atoms with E-state index in [9.17, 15) is 4.79 Å². The molecular formula is C12H22N2O. The van der Waals surface area contributed by atoms with E-state index in [1.165, 1.54) is 32.4 Å². The minimum atomic E-state index is 0.0242. The van der Waals surface area contributed by atoms with E-state index in [0.717, 1.165) is 19.5 Å². The lowest BCUT2D eigenvalue weighted by Gasteiger charge is -2.26. The van der Waals surface area contributed by atoms with Crippen LogP contribution < -0.4 is 5.32 Å². The number of amides is 1. The van der Waals surface area contributed by atoms with Crippen LogP contribution in [0.15, 0.2) is 12.2 Å². The van der Waals surface area contributed by atoms with Crippen molar-refractivity contribution in [2.75, 3.05) is 26.2 Å². The zero-order valence-corrected chi connectivity index (χ0v) is 9.67. The molecular weight excluding hydrogens is 188 g/mol. The van der Waals surface area contributed by atoms with E-state index >= 15 is 0 Å². The number of likely N-dealkylation sites (tertiary alicyclic amines) is 1. The minimum absolute atomic E-state index is 0.0242. The van der Waals surface area contributed by atoms with Gasteiger partial charge in [-0.3, -0.25) is 4.79 Å². The van der Waals surface area contributed by atoms with Crippen molar-refractivity contribution in [3.8, 4) is 0 Å². The summed E-state index contributed by atoms with van der Waals surface area (Å²) in [6.45, 7) is 6.24. The molecule has 0 aliphatic carbocycles. The molecule has 0 bridgehead atoms. The Kier molecular flexibility index (Phi) is 6.09. The van der Waals surface area contributed by atoms with Crippen LogP contribution in [-0.2, 0) is 4.79 Å². The number of carbonyl (C=O) groups is 1. The first kappa shape index (κ1) is 12.2. The summed E-state index contributed by atoms with van der Waals surface area (Å²) in [6, 6.07) is 0. The number of hydrogen-bond acceptors (Lipinski definition) is 2. The molecule has 1 aliphatic heterocycles. The second-order valence-corrected chi connectivity index (χ2v) is 4.05. The summed E-state index contributed by atoms with van der Waals surface area (Å²) in [7, 11) is 0. The van der Waals surface area contributed by atoms with E-state index < -0.39 is 0 Å². The number of piperidine rings is 1. The molecule has 0 saturated carbocycles. The van der Waals surface area contributed by atoms with Gasteiger partial charge in [0.1, 0.15) is 0 Å². The maximum absolute atomic E-state index is 11.1. The van der Waals surface area contributed by atoms with Gasteiger partial charge < -0.3 is 10.2 Å². The molecule has 3 heteroatoms. The number of hydrogen-bond donors (Lipinski definition) is 1. The third-order valence-corrected chi connectivity index (χ3v) is 2.72. The molecule has 1 aliphatic rings. The molecule has 1 amide bonds. The van der Waals surface area contributed by atoms with Gasteiger partial charge in [-0.05, 0) is 51.9 Å². The largest absolute Gasteiger partial charge is 0.353 e. The molecule has 1 fully saturated rings. The molecule has 0 unspecified atom stereocenters. The van der Waals surface area contributed by atoms with Gasteiger partial charge in [-0.15, -0.1) is 0 Å².